The van der Waals surface area contributed by atoms with E-state index in [9.17, 15) is 20.0 Å². The fraction of sp³-hybridized carbons (Fsp3) is 0.308. The van der Waals surface area contributed by atoms with Crippen LogP contribution in [0.15, 0.2) is 24.3 Å². The van der Waals surface area contributed by atoms with Crippen molar-refractivity contribution in [1.82, 2.24) is 0 Å². The van der Waals surface area contributed by atoms with Gasteiger partial charge >= 0.3 is 11.7 Å². The van der Waals surface area contributed by atoms with Crippen molar-refractivity contribution in [2.75, 3.05) is 19.0 Å². The highest BCUT2D eigenvalue weighted by atomic mass is 79.9. The number of esters is 1. The van der Waals surface area contributed by atoms with E-state index >= 15 is 0 Å². The molecule has 114 valence electrons. The number of nitrogens with zero attached hydrogens (tertiary/aromatic N) is 1. The molecule has 0 saturated carbocycles. The molecule has 1 aromatic rings. The van der Waals surface area contributed by atoms with Gasteiger partial charge in [0.1, 0.15) is 6.61 Å². The van der Waals surface area contributed by atoms with Crippen LogP contribution in [0.3, 0.4) is 0 Å². The molecular formula is C13H14BrNO6. The molecule has 0 radical (unpaired) electrons. The lowest BCUT2D eigenvalue weighted by molar-refractivity contribution is -0.385. The predicted octanol–water partition coefficient (Wildman–Crippen LogP) is 1.92. The van der Waals surface area contributed by atoms with E-state index in [1.165, 1.54) is 37.5 Å². The Morgan fingerprint density at radius 2 is 2.29 bits per heavy atom. The molecule has 0 aliphatic carbocycles. The Bertz CT molecular complexity index is 545. The quantitative estimate of drug-likeness (QED) is 0.262. The lowest BCUT2D eigenvalue weighted by Crippen LogP contribution is -2.19. The first-order valence-electron chi connectivity index (χ1n) is 5.89. The van der Waals surface area contributed by atoms with E-state index in [1.807, 2.05) is 0 Å². The summed E-state index contributed by atoms with van der Waals surface area (Å²) in [4.78, 5) is 21.4. The second-order valence-electron chi connectivity index (χ2n) is 3.96. The van der Waals surface area contributed by atoms with Gasteiger partial charge in [0.25, 0.3) is 0 Å². The molecule has 1 rings (SSSR count). The maximum absolute atomic E-state index is 11.0. The average Bonchev–Trinajstić information content (AvgIpc) is 2.49. The number of aliphatic hydroxyl groups is 1. The second kappa shape index (κ2) is 8.38. The smallest absolute Gasteiger partial charge is 0.330 e. The zero-order chi connectivity index (χ0) is 15.8. The van der Waals surface area contributed by atoms with Gasteiger partial charge < -0.3 is 14.6 Å². The van der Waals surface area contributed by atoms with Crippen LogP contribution in [0.5, 0.6) is 5.75 Å². The highest BCUT2D eigenvalue weighted by molar-refractivity contribution is 9.09. The number of nitro groups is 1. The molecule has 0 aromatic heterocycles. The van der Waals surface area contributed by atoms with Gasteiger partial charge in [-0.05, 0) is 23.8 Å². The van der Waals surface area contributed by atoms with Crippen molar-refractivity contribution in [3.63, 3.8) is 0 Å². The van der Waals surface area contributed by atoms with Crippen molar-refractivity contribution in [2.45, 2.75) is 6.10 Å². The largest absolute Gasteiger partial charge is 0.484 e. The van der Waals surface area contributed by atoms with E-state index in [0.29, 0.717) is 10.9 Å². The number of carbonyl (C=O) groups is 1. The summed E-state index contributed by atoms with van der Waals surface area (Å²) in [5.74, 6) is -0.516. The first-order chi connectivity index (χ1) is 9.97. The molecule has 0 amide bonds. The molecule has 1 atom stereocenters. The monoisotopic (exact) mass is 359 g/mol. The maximum Gasteiger partial charge on any atom is 0.330 e. The van der Waals surface area contributed by atoms with E-state index < -0.39 is 17.0 Å². The molecule has 0 aliphatic heterocycles. The van der Waals surface area contributed by atoms with Gasteiger partial charge in [0.15, 0.2) is 5.75 Å². The van der Waals surface area contributed by atoms with Crippen molar-refractivity contribution in [3.8, 4) is 5.75 Å². The minimum absolute atomic E-state index is 0.0204. The molecular weight excluding hydrogens is 346 g/mol. The van der Waals surface area contributed by atoms with Gasteiger partial charge in [-0.1, -0.05) is 15.9 Å². The number of halogens is 1. The normalized spacial score (nSPS) is 12.1. The van der Waals surface area contributed by atoms with E-state index in [2.05, 4.69) is 20.7 Å². The lowest BCUT2D eigenvalue weighted by Gasteiger charge is -2.10. The van der Waals surface area contributed by atoms with Crippen LogP contribution in [0.4, 0.5) is 5.69 Å². The van der Waals surface area contributed by atoms with Gasteiger partial charge in [0.2, 0.25) is 0 Å². The van der Waals surface area contributed by atoms with Crippen LogP contribution < -0.4 is 4.74 Å². The molecule has 0 saturated heterocycles. The Kier molecular flexibility index (Phi) is 6.83. The van der Waals surface area contributed by atoms with Crippen molar-refractivity contribution in [2.24, 2.45) is 0 Å². The molecule has 0 bridgehead atoms. The van der Waals surface area contributed by atoms with Crippen molar-refractivity contribution in [1.29, 1.82) is 0 Å². The Labute approximate surface area is 129 Å². The Hall–Kier alpha value is -1.93. The molecule has 1 unspecified atom stereocenters. The molecule has 0 fully saturated rings. The number of ether oxygens (including phenoxy) is 2. The molecule has 21 heavy (non-hydrogen) atoms. The first-order valence-corrected chi connectivity index (χ1v) is 7.01. The highest BCUT2D eigenvalue weighted by Crippen LogP contribution is 2.28. The van der Waals surface area contributed by atoms with E-state index in [0.717, 1.165) is 0 Å². The lowest BCUT2D eigenvalue weighted by atomic mass is 10.1. The van der Waals surface area contributed by atoms with E-state index in [1.54, 1.807) is 0 Å². The van der Waals surface area contributed by atoms with Crippen LogP contribution in [0.1, 0.15) is 5.56 Å². The molecule has 0 aliphatic rings. The minimum atomic E-state index is -0.779. The van der Waals surface area contributed by atoms with Gasteiger partial charge in [0.05, 0.1) is 18.1 Å². The highest BCUT2D eigenvalue weighted by Gasteiger charge is 2.16. The first kappa shape index (κ1) is 17.1. The molecule has 8 heteroatoms. The molecule has 0 heterocycles. The molecule has 1 N–H and O–H groups in total. The second-order valence-corrected chi connectivity index (χ2v) is 4.61. The molecule has 7 nitrogen and oxygen atoms in total. The number of nitro benzene ring substituents is 1. The average molecular weight is 360 g/mol. The topological polar surface area (TPSA) is 98.9 Å². The summed E-state index contributed by atoms with van der Waals surface area (Å²) in [7, 11) is 1.25. The van der Waals surface area contributed by atoms with Crippen LogP contribution in [-0.2, 0) is 9.53 Å². The summed E-state index contributed by atoms with van der Waals surface area (Å²) < 4.78 is 9.71. The number of carbonyl (C=O) groups excluding carboxylic acids is 1. The predicted molar refractivity (Wildman–Crippen MR) is 79.4 cm³/mol. The number of alkyl halides is 1. The number of aliphatic hydroxyl groups excluding tert-OH is 1. The Balaban J connectivity index is 2.97. The van der Waals surface area contributed by atoms with Crippen LogP contribution in [0, 0.1) is 10.1 Å². The van der Waals surface area contributed by atoms with E-state index in [4.69, 9.17) is 4.74 Å². The van der Waals surface area contributed by atoms with Gasteiger partial charge in [-0.3, -0.25) is 10.1 Å². The zero-order valence-corrected chi connectivity index (χ0v) is 12.8. The van der Waals surface area contributed by atoms with E-state index in [-0.39, 0.29) is 18.0 Å². The number of hydrogen-bond acceptors (Lipinski definition) is 6. The SMILES string of the molecule is COC(=O)/C=C/c1ccc([N+](=O)[O-])c(OCC(O)CBr)c1. The fourth-order valence-corrected chi connectivity index (χ4v) is 1.55. The number of rotatable bonds is 7. The molecule has 0 spiro atoms. The summed E-state index contributed by atoms with van der Waals surface area (Å²) in [5, 5.41) is 20.6. The zero-order valence-electron chi connectivity index (χ0n) is 11.2. The summed E-state index contributed by atoms with van der Waals surface area (Å²) in [6.45, 7) is -0.0870. The third-order valence-electron chi connectivity index (χ3n) is 2.40. The van der Waals surface area contributed by atoms with Gasteiger partial charge in [-0.2, -0.15) is 0 Å². The summed E-state index contributed by atoms with van der Waals surface area (Å²) in [6, 6.07) is 4.16. The van der Waals surface area contributed by atoms with Crippen LogP contribution in [0.2, 0.25) is 0 Å². The summed E-state index contributed by atoms with van der Waals surface area (Å²) in [5.41, 5.74) is 0.321. The third kappa shape index (κ3) is 5.52. The van der Waals surface area contributed by atoms with Crippen molar-refractivity contribution in [3.05, 3.63) is 40.0 Å². The third-order valence-corrected chi connectivity index (χ3v) is 3.15. The van der Waals surface area contributed by atoms with Crippen LogP contribution >= 0.6 is 15.9 Å². The minimum Gasteiger partial charge on any atom is -0.484 e. The Morgan fingerprint density at radius 1 is 1.57 bits per heavy atom. The van der Waals surface area contributed by atoms with Crippen LogP contribution in [0.25, 0.3) is 6.08 Å². The van der Waals surface area contributed by atoms with Crippen molar-refractivity contribution >= 4 is 33.7 Å². The fourth-order valence-electron chi connectivity index (χ4n) is 1.36. The number of benzene rings is 1. The maximum atomic E-state index is 11.0. The number of hydrogen-bond donors (Lipinski definition) is 1. The van der Waals surface area contributed by atoms with Crippen molar-refractivity contribution < 1.29 is 24.3 Å². The summed E-state index contributed by atoms with van der Waals surface area (Å²) in [6.07, 6.45) is 1.86. The standard InChI is InChI=1S/C13H14BrNO6/c1-20-13(17)5-3-9-2-4-11(15(18)19)12(6-9)21-8-10(16)7-14/h2-6,10,16H,7-8H2,1H3/b5-3+. The summed E-state index contributed by atoms with van der Waals surface area (Å²) >= 11 is 3.07. The molecule has 1 aromatic carbocycles. The van der Waals surface area contributed by atoms with Gasteiger partial charge in [-0.15, -0.1) is 0 Å². The Morgan fingerprint density at radius 3 is 2.86 bits per heavy atom. The number of methoxy groups -OCH3 is 1. The van der Waals surface area contributed by atoms with Gasteiger partial charge in [-0.25, -0.2) is 4.79 Å². The van der Waals surface area contributed by atoms with Crippen LogP contribution in [-0.4, -0.2) is 41.1 Å². The van der Waals surface area contributed by atoms with Gasteiger partial charge in [0, 0.05) is 17.5 Å².